The van der Waals surface area contributed by atoms with Gasteiger partial charge in [0, 0.05) is 26.2 Å². The van der Waals surface area contributed by atoms with Crippen LogP contribution < -0.4 is 16.8 Å². The van der Waals surface area contributed by atoms with Gasteiger partial charge in [-0.25, -0.2) is 9.38 Å². The van der Waals surface area contributed by atoms with Crippen molar-refractivity contribution in [3.8, 4) is 0 Å². The van der Waals surface area contributed by atoms with E-state index in [2.05, 4.69) is 15.3 Å². The smallest absolute Gasteiger partial charge is 0.154 e. The van der Waals surface area contributed by atoms with Crippen LogP contribution in [0.3, 0.4) is 0 Å². The first-order valence-electron chi connectivity index (χ1n) is 7.24. The molecule has 2 aromatic rings. The molecule has 1 aromatic heterocycles. The highest BCUT2D eigenvalue weighted by Gasteiger charge is 2.09. The molecule has 0 aliphatic carbocycles. The third-order valence-corrected chi connectivity index (χ3v) is 3.35. The number of nitrogens with two attached hydrogens (primary N) is 2. The number of nitrogens with one attached hydrogen (secondary N) is 1. The zero-order valence-corrected chi connectivity index (χ0v) is 13.0. The Labute approximate surface area is 134 Å². The van der Waals surface area contributed by atoms with Gasteiger partial charge < -0.3 is 16.8 Å². The minimum absolute atomic E-state index is 0.197. The molecule has 0 atom stereocenters. The molecular formula is C17H20FN5. The molecule has 0 saturated heterocycles. The standard InChI is InChI=1S/C17H20FN5/c1-21-17(15-8-4-5-9-22-15)23-16(20)13(11-19)10-12-6-2-3-7-14(12)18/h2-9H,10-11,19-20H2,1H3,(H,21,23)/b16-13-. The van der Waals surface area contributed by atoms with Crippen molar-refractivity contribution in [3.05, 3.63) is 77.1 Å². The first-order chi connectivity index (χ1) is 11.2. The van der Waals surface area contributed by atoms with Gasteiger partial charge in [0.25, 0.3) is 0 Å². The van der Waals surface area contributed by atoms with Gasteiger partial charge in [0.2, 0.25) is 0 Å². The number of halogens is 1. The molecule has 0 spiro atoms. The average Bonchev–Trinajstić information content (AvgIpc) is 2.59. The lowest BCUT2D eigenvalue weighted by Gasteiger charge is -2.10. The lowest BCUT2D eigenvalue weighted by Crippen LogP contribution is -2.23. The monoisotopic (exact) mass is 313 g/mol. The van der Waals surface area contributed by atoms with Gasteiger partial charge in [0.05, 0.1) is 0 Å². The predicted molar refractivity (Wildman–Crippen MR) is 90.2 cm³/mol. The third-order valence-electron chi connectivity index (χ3n) is 3.35. The Balaban J connectivity index is 2.32. The van der Waals surface area contributed by atoms with Crippen LogP contribution >= 0.6 is 0 Å². The summed E-state index contributed by atoms with van der Waals surface area (Å²) in [7, 11) is 1.74. The fourth-order valence-corrected chi connectivity index (χ4v) is 2.08. The predicted octanol–water partition coefficient (Wildman–Crippen LogP) is 1.56. The second-order valence-corrected chi connectivity index (χ2v) is 4.89. The average molecular weight is 313 g/mol. The van der Waals surface area contributed by atoms with Crippen molar-refractivity contribution in [3.63, 3.8) is 0 Å². The van der Waals surface area contributed by atoms with Crippen LogP contribution in [0.1, 0.15) is 11.3 Å². The van der Waals surface area contributed by atoms with Gasteiger partial charge >= 0.3 is 0 Å². The van der Waals surface area contributed by atoms with Gasteiger partial charge in [-0.1, -0.05) is 24.3 Å². The highest BCUT2D eigenvalue weighted by molar-refractivity contribution is 5.97. The van der Waals surface area contributed by atoms with E-state index in [1.165, 1.54) is 6.07 Å². The van der Waals surface area contributed by atoms with E-state index in [9.17, 15) is 4.39 Å². The number of aromatic nitrogens is 1. The molecule has 5 nitrogen and oxygen atoms in total. The maximum Gasteiger partial charge on any atom is 0.154 e. The zero-order chi connectivity index (χ0) is 16.7. The Hall–Kier alpha value is -2.73. The fourth-order valence-electron chi connectivity index (χ4n) is 2.08. The maximum absolute atomic E-state index is 13.8. The Morgan fingerprint density at radius 3 is 2.57 bits per heavy atom. The molecule has 0 aliphatic heterocycles. The molecule has 120 valence electrons. The largest absolute Gasteiger partial charge is 0.384 e. The van der Waals surface area contributed by atoms with Crippen LogP contribution in [0.4, 0.5) is 4.39 Å². The van der Waals surface area contributed by atoms with Crippen molar-refractivity contribution in [1.29, 1.82) is 0 Å². The summed E-state index contributed by atoms with van der Waals surface area (Å²) in [4.78, 5) is 8.58. The highest BCUT2D eigenvalue weighted by Crippen LogP contribution is 2.14. The van der Waals surface area contributed by atoms with Crippen LogP contribution in [-0.2, 0) is 6.42 Å². The molecule has 6 heteroatoms. The molecule has 0 bridgehead atoms. The van der Waals surface area contributed by atoms with Gasteiger partial charge in [-0.15, -0.1) is 0 Å². The molecule has 23 heavy (non-hydrogen) atoms. The number of hydrogen-bond acceptors (Lipinski definition) is 4. The minimum Gasteiger partial charge on any atom is -0.384 e. The molecule has 1 aromatic carbocycles. The summed E-state index contributed by atoms with van der Waals surface area (Å²) in [6.07, 6.45) is 1.99. The number of pyridine rings is 1. The first-order valence-corrected chi connectivity index (χ1v) is 7.24. The summed E-state index contributed by atoms with van der Waals surface area (Å²) >= 11 is 0. The fraction of sp³-hybridized carbons (Fsp3) is 0.176. The maximum atomic E-state index is 13.8. The van der Waals surface area contributed by atoms with Crippen LogP contribution in [0.15, 0.2) is 65.0 Å². The number of hydrogen-bond donors (Lipinski definition) is 3. The number of aliphatic imine (C=N–C) groups is 1. The topological polar surface area (TPSA) is 89.3 Å². The van der Waals surface area contributed by atoms with Crippen LogP contribution in [0.2, 0.25) is 0 Å². The Bertz CT molecular complexity index is 710. The van der Waals surface area contributed by atoms with Crippen molar-refractivity contribution >= 4 is 5.84 Å². The summed E-state index contributed by atoms with van der Waals surface area (Å²) in [6, 6.07) is 12.0. The molecule has 0 amide bonds. The molecule has 2 rings (SSSR count). The van der Waals surface area contributed by atoms with Gasteiger partial charge in [0.15, 0.2) is 5.84 Å². The van der Waals surface area contributed by atoms with Crippen molar-refractivity contribution in [2.24, 2.45) is 16.5 Å². The van der Waals surface area contributed by atoms with E-state index in [1.54, 1.807) is 31.4 Å². The van der Waals surface area contributed by atoms with Gasteiger partial charge in [-0.3, -0.25) is 4.98 Å². The molecule has 0 radical (unpaired) electrons. The van der Waals surface area contributed by atoms with E-state index in [1.807, 2.05) is 18.2 Å². The molecule has 0 unspecified atom stereocenters. The third kappa shape index (κ3) is 4.37. The van der Waals surface area contributed by atoms with E-state index < -0.39 is 0 Å². The van der Waals surface area contributed by atoms with Crippen molar-refractivity contribution in [1.82, 2.24) is 10.3 Å². The second-order valence-electron chi connectivity index (χ2n) is 4.89. The summed E-state index contributed by atoms with van der Waals surface area (Å²) in [6.45, 7) is 0.197. The molecule has 0 aliphatic rings. The SMILES string of the molecule is CN/C(=N\C(N)=C(/CN)Cc1ccccc1F)c1ccccn1. The number of benzene rings is 1. The first kappa shape index (κ1) is 16.6. The van der Waals surface area contributed by atoms with Gasteiger partial charge in [-0.2, -0.15) is 0 Å². The van der Waals surface area contributed by atoms with Gasteiger partial charge in [-0.05, 0) is 29.3 Å². The summed E-state index contributed by atoms with van der Waals surface area (Å²) in [5.41, 5.74) is 13.7. The van der Waals surface area contributed by atoms with E-state index in [0.29, 0.717) is 29.1 Å². The summed E-state index contributed by atoms with van der Waals surface area (Å²) < 4.78 is 13.8. The Kier molecular flexibility index (Phi) is 5.82. The molecule has 0 fully saturated rings. The number of nitrogens with zero attached hydrogens (tertiary/aromatic N) is 2. The zero-order valence-electron chi connectivity index (χ0n) is 13.0. The normalized spacial score (nSPS) is 12.7. The number of rotatable bonds is 5. The van der Waals surface area contributed by atoms with Crippen molar-refractivity contribution in [2.75, 3.05) is 13.6 Å². The van der Waals surface area contributed by atoms with Crippen LogP contribution in [0.5, 0.6) is 0 Å². The lowest BCUT2D eigenvalue weighted by molar-refractivity contribution is 0.612. The molecule has 5 N–H and O–H groups in total. The number of amidine groups is 1. The Morgan fingerprint density at radius 1 is 1.22 bits per heavy atom. The quantitative estimate of drug-likeness (QED) is 0.577. The second kappa shape index (κ2) is 8.05. The molecular weight excluding hydrogens is 293 g/mol. The van der Waals surface area contributed by atoms with E-state index in [0.717, 1.165) is 0 Å². The highest BCUT2D eigenvalue weighted by atomic mass is 19.1. The van der Waals surface area contributed by atoms with Crippen molar-refractivity contribution in [2.45, 2.75) is 6.42 Å². The lowest BCUT2D eigenvalue weighted by atomic mass is 10.0. The molecule has 1 heterocycles. The van der Waals surface area contributed by atoms with E-state index >= 15 is 0 Å². The van der Waals surface area contributed by atoms with Crippen molar-refractivity contribution < 1.29 is 4.39 Å². The van der Waals surface area contributed by atoms with Gasteiger partial charge in [0.1, 0.15) is 17.3 Å². The summed E-state index contributed by atoms with van der Waals surface area (Å²) in [5.74, 6) is 0.516. The van der Waals surface area contributed by atoms with E-state index in [4.69, 9.17) is 11.5 Å². The van der Waals surface area contributed by atoms with Crippen LogP contribution in [0.25, 0.3) is 0 Å². The van der Waals surface area contributed by atoms with E-state index in [-0.39, 0.29) is 18.2 Å². The minimum atomic E-state index is -0.284. The Morgan fingerprint density at radius 2 is 1.96 bits per heavy atom. The molecule has 0 saturated carbocycles. The van der Waals surface area contributed by atoms with Crippen LogP contribution in [0, 0.1) is 5.82 Å². The summed E-state index contributed by atoms with van der Waals surface area (Å²) in [5, 5.41) is 2.96. The van der Waals surface area contributed by atoms with Crippen LogP contribution in [-0.4, -0.2) is 24.4 Å².